The molecular formula is C15H19N5O. The second kappa shape index (κ2) is 5.95. The van der Waals surface area contributed by atoms with Crippen LogP contribution in [0.5, 0.6) is 5.75 Å². The first-order valence-corrected chi connectivity index (χ1v) is 6.99. The molecule has 0 amide bonds. The SMILES string of the molecule is CN(C)c1cc(N2CC(COc3cccnc3)C2)ncn1. The van der Waals surface area contributed by atoms with Gasteiger partial charge in [0.1, 0.15) is 23.7 Å². The van der Waals surface area contributed by atoms with Gasteiger partial charge in [-0.2, -0.15) is 0 Å². The molecule has 6 nitrogen and oxygen atoms in total. The molecular weight excluding hydrogens is 266 g/mol. The number of anilines is 2. The fourth-order valence-corrected chi connectivity index (χ4v) is 2.26. The van der Waals surface area contributed by atoms with Crippen molar-refractivity contribution in [2.24, 2.45) is 5.92 Å². The lowest BCUT2D eigenvalue weighted by molar-refractivity contribution is 0.219. The van der Waals surface area contributed by atoms with Crippen LogP contribution in [-0.4, -0.2) is 48.7 Å². The van der Waals surface area contributed by atoms with Gasteiger partial charge in [-0.3, -0.25) is 4.98 Å². The summed E-state index contributed by atoms with van der Waals surface area (Å²) < 4.78 is 5.73. The van der Waals surface area contributed by atoms with Gasteiger partial charge in [0.2, 0.25) is 0 Å². The Balaban J connectivity index is 1.50. The summed E-state index contributed by atoms with van der Waals surface area (Å²) in [5, 5.41) is 0. The first-order valence-electron chi connectivity index (χ1n) is 6.99. The van der Waals surface area contributed by atoms with E-state index in [1.165, 1.54) is 0 Å². The molecule has 1 fully saturated rings. The fraction of sp³-hybridized carbons (Fsp3) is 0.400. The Hall–Kier alpha value is -2.37. The Morgan fingerprint density at radius 2 is 2.19 bits per heavy atom. The molecule has 0 atom stereocenters. The highest BCUT2D eigenvalue weighted by Crippen LogP contribution is 2.25. The summed E-state index contributed by atoms with van der Waals surface area (Å²) >= 11 is 0. The monoisotopic (exact) mass is 285 g/mol. The van der Waals surface area contributed by atoms with Crippen LogP contribution in [0.1, 0.15) is 0 Å². The van der Waals surface area contributed by atoms with Crippen molar-refractivity contribution >= 4 is 11.6 Å². The van der Waals surface area contributed by atoms with E-state index in [9.17, 15) is 0 Å². The van der Waals surface area contributed by atoms with Crippen LogP contribution in [0.25, 0.3) is 0 Å². The maximum absolute atomic E-state index is 5.73. The molecule has 2 aromatic heterocycles. The van der Waals surface area contributed by atoms with E-state index in [0.717, 1.165) is 30.5 Å². The van der Waals surface area contributed by atoms with Gasteiger partial charge in [0, 0.05) is 45.4 Å². The van der Waals surface area contributed by atoms with Crippen LogP contribution in [0.2, 0.25) is 0 Å². The van der Waals surface area contributed by atoms with Crippen molar-refractivity contribution in [3.05, 3.63) is 36.9 Å². The van der Waals surface area contributed by atoms with E-state index in [4.69, 9.17) is 4.74 Å². The largest absolute Gasteiger partial charge is 0.492 e. The number of rotatable bonds is 5. The van der Waals surface area contributed by atoms with Crippen LogP contribution < -0.4 is 14.5 Å². The maximum atomic E-state index is 5.73. The third kappa shape index (κ3) is 3.21. The van der Waals surface area contributed by atoms with Gasteiger partial charge < -0.3 is 14.5 Å². The molecule has 0 spiro atoms. The molecule has 3 rings (SSSR count). The van der Waals surface area contributed by atoms with Crippen molar-refractivity contribution in [1.82, 2.24) is 15.0 Å². The lowest BCUT2D eigenvalue weighted by Crippen LogP contribution is -2.49. The van der Waals surface area contributed by atoms with Crippen LogP contribution in [-0.2, 0) is 0 Å². The number of ether oxygens (including phenoxy) is 1. The smallest absolute Gasteiger partial charge is 0.137 e. The molecule has 6 heteroatoms. The van der Waals surface area contributed by atoms with Crippen molar-refractivity contribution in [3.8, 4) is 5.75 Å². The average molecular weight is 285 g/mol. The Labute approximate surface area is 124 Å². The maximum Gasteiger partial charge on any atom is 0.137 e. The molecule has 21 heavy (non-hydrogen) atoms. The lowest BCUT2D eigenvalue weighted by atomic mass is 10.0. The highest BCUT2D eigenvalue weighted by atomic mass is 16.5. The zero-order chi connectivity index (χ0) is 14.7. The van der Waals surface area contributed by atoms with E-state index in [1.54, 1.807) is 18.7 Å². The number of hydrogen-bond acceptors (Lipinski definition) is 6. The highest BCUT2D eigenvalue weighted by molar-refractivity contribution is 5.50. The van der Waals surface area contributed by atoms with Gasteiger partial charge in [0.25, 0.3) is 0 Å². The topological polar surface area (TPSA) is 54.4 Å². The molecule has 1 saturated heterocycles. The number of nitrogens with zero attached hydrogens (tertiary/aromatic N) is 5. The zero-order valence-electron chi connectivity index (χ0n) is 12.3. The summed E-state index contributed by atoms with van der Waals surface area (Å²) in [5.41, 5.74) is 0. The molecule has 0 saturated carbocycles. The van der Waals surface area contributed by atoms with Crippen molar-refractivity contribution in [1.29, 1.82) is 0 Å². The van der Waals surface area contributed by atoms with Crippen molar-refractivity contribution < 1.29 is 4.74 Å². The summed E-state index contributed by atoms with van der Waals surface area (Å²) in [7, 11) is 3.96. The summed E-state index contributed by atoms with van der Waals surface area (Å²) in [6.45, 7) is 2.64. The van der Waals surface area contributed by atoms with Gasteiger partial charge >= 0.3 is 0 Å². The second-order valence-electron chi connectivity index (χ2n) is 5.40. The van der Waals surface area contributed by atoms with Crippen LogP contribution in [0.4, 0.5) is 11.6 Å². The Morgan fingerprint density at radius 3 is 2.90 bits per heavy atom. The molecule has 0 aliphatic carbocycles. The van der Waals surface area contributed by atoms with Gasteiger partial charge in [-0.15, -0.1) is 0 Å². The van der Waals surface area contributed by atoms with Gasteiger partial charge in [0.15, 0.2) is 0 Å². The quantitative estimate of drug-likeness (QED) is 0.829. The highest BCUT2D eigenvalue weighted by Gasteiger charge is 2.28. The third-order valence-electron chi connectivity index (χ3n) is 3.50. The molecule has 0 N–H and O–H groups in total. The molecule has 2 aromatic rings. The predicted molar refractivity (Wildman–Crippen MR) is 81.8 cm³/mol. The molecule has 0 unspecified atom stereocenters. The number of hydrogen-bond donors (Lipinski definition) is 0. The Bertz CT molecular complexity index is 584. The second-order valence-corrected chi connectivity index (χ2v) is 5.40. The first-order chi connectivity index (χ1) is 10.2. The molecule has 1 aliphatic rings. The van der Waals surface area contributed by atoms with Gasteiger partial charge in [-0.05, 0) is 12.1 Å². The summed E-state index contributed by atoms with van der Waals surface area (Å²) in [5.74, 6) is 3.26. The van der Waals surface area contributed by atoms with Crippen LogP contribution >= 0.6 is 0 Å². The molecule has 0 bridgehead atoms. The number of aromatic nitrogens is 3. The lowest BCUT2D eigenvalue weighted by Gasteiger charge is -2.40. The normalized spacial score (nSPS) is 14.7. The van der Waals surface area contributed by atoms with Gasteiger partial charge in [-0.25, -0.2) is 9.97 Å². The minimum atomic E-state index is 0.531. The summed E-state index contributed by atoms with van der Waals surface area (Å²) in [4.78, 5) is 16.8. The minimum Gasteiger partial charge on any atom is -0.492 e. The van der Waals surface area contributed by atoms with E-state index in [0.29, 0.717) is 12.5 Å². The van der Waals surface area contributed by atoms with Crippen LogP contribution in [0.15, 0.2) is 36.9 Å². The number of pyridine rings is 1. The fourth-order valence-electron chi connectivity index (χ4n) is 2.26. The van der Waals surface area contributed by atoms with Crippen LogP contribution in [0.3, 0.4) is 0 Å². The standard InChI is InChI=1S/C15H19N5O/c1-19(2)14-6-15(18-11-17-14)20-8-12(9-20)10-21-13-4-3-5-16-7-13/h3-7,11-12H,8-10H2,1-2H3. The van der Waals surface area contributed by atoms with E-state index < -0.39 is 0 Å². The van der Waals surface area contributed by atoms with Crippen LogP contribution in [0, 0.1) is 5.92 Å². The molecule has 0 radical (unpaired) electrons. The predicted octanol–water partition coefficient (Wildman–Crippen LogP) is 1.45. The molecule has 110 valence electrons. The van der Waals surface area contributed by atoms with Crippen molar-refractivity contribution in [2.75, 3.05) is 43.6 Å². The first kappa shape index (κ1) is 13.6. The summed E-state index contributed by atoms with van der Waals surface area (Å²) in [6.07, 6.45) is 5.10. The van der Waals surface area contributed by atoms with Crippen molar-refractivity contribution in [3.63, 3.8) is 0 Å². The molecule has 3 heterocycles. The van der Waals surface area contributed by atoms with Crippen molar-refractivity contribution in [2.45, 2.75) is 0 Å². The third-order valence-corrected chi connectivity index (χ3v) is 3.50. The minimum absolute atomic E-state index is 0.531. The summed E-state index contributed by atoms with van der Waals surface area (Å²) in [6, 6.07) is 5.82. The Morgan fingerprint density at radius 1 is 1.33 bits per heavy atom. The van der Waals surface area contributed by atoms with Gasteiger partial charge in [-0.1, -0.05) is 0 Å². The van der Waals surface area contributed by atoms with E-state index in [2.05, 4.69) is 19.9 Å². The molecule has 0 aromatic carbocycles. The van der Waals surface area contributed by atoms with Gasteiger partial charge in [0.05, 0.1) is 12.8 Å². The van der Waals surface area contributed by atoms with E-state index in [1.807, 2.05) is 37.2 Å². The van der Waals surface area contributed by atoms with E-state index in [-0.39, 0.29) is 0 Å². The average Bonchev–Trinajstić information content (AvgIpc) is 2.47. The Kier molecular flexibility index (Phi) is 3.85. The molecule has 1 aliphatic heterocycles. The van der Waals surface area contributed by atoms with E-state index >= 15 is 0 Å². The zero-order valence-corrected chi connectivity index (χ0v) is 12.3.